The minimum absolute atomic E-state index is 0.0562. The molecule has 2 heterocycles. The van der Waals surface area contributed by atoms with E-state index in [1.165, 1.54) is 0 Å². The first-order chi connectivity index (χ1) is 12.3. The Morgan fingerprint density at radius 1 is 1.24 bits per heavy atom. The maximum absolute atomic E-state index is 12.7. The molecule has 0 N–H and O–H groups in total. The summed E-state index contributed by atoms with van der Waals surface area (Å²) < 4.78 is 11.4. The number of carbonyl (C=O) groups excluding carboxylic acids is 1. The second-order valence-electron chi connectivity index (χ2n) is 6.10. The zero-order valence-electron chi connectivity index (χ0n) is 14.6. The van der Waals surface area contributed by atoms with Crippen molar-refractivity contribution in [3.8, 4) is 5.75 Å². The van der Waals surface area contributed by atoms with Crippen LogP contribution in [0.1, 0.15) is 35.8 Å². The van der Waals surface area contributed by atoms with E-state index in [0.717, 1.165) is 30.8 Å². The summed E-state index contributed by atoms with van der Waals surface area (Å²) in [4.78, 5) is 18.8. The lowest BCUT2D eigenvalue weighted by Crippen LogP contribution is -2.43. The van der Waals surface area contributed by atoms with Gasteiger partial charge in [-0.1, -0.05) is 6.07 Å². The molecule has 1 fully saturated rings. The molecule has 1 aromatic heterocycles. The molecular formula is C20H24N2O3. The van der Waals surface area contributed by atoms with Gasteiger partial charge >= 0.3 is 0 Å². The highest BCUT2D eigenvalue weighted by molar-refractivity contribution is 5.94. The van der Waals surface area contributed by atoms with Gasteiger partial charge in [0.15, 0.2) is 0 Å². The number of carbonyl (C=O) groups is 1. The number of amides is 1. The number of benzene rings is 1. The predicted octanol–water partition coefficient (Wildman–Crippen LogP) is 3.30. The molecule has 2 aromatic rings. The maximum Gasteiger partial charge on any atom is 0.253 e. The number of piperidine rings is 1. The van der Waals surface area contributed by atoms with Crippen molar-refractivity contribution in [2.45, 2.75) is 32.5 Å². The van der Waals surface area contributed by atoms with Crippen LogP contribution < -0.4 is 4.74 Å². The summed E-state index contributed by atoms with van der Waals surface area (Å²) in [7, 11) is 0. The number of ether oxygens (including phenoxy) is 2. The molecule has 132 valence electrons. The fourth-order valence-corrected chi connectivity index (χ4v) is 3.01. The minimum Gasteiger partial charge on any atom is -0.487 e. The van der Waals surface area contributed by atoms with Crippen molar-refractivity contribution < 1.29 is 14.3 Å². The monoisotopic (exact) mass is 340 g/mol. The van der Waals surface area contributed by atoms with Gasteiger partial charge in [0.2, 0.25) is 0 Å². The summed E-state index contributed by atoms with van der Waals surface area (Å²) in [5.74, 6) is 0.786. The topological polar surface area (TPSA) is 51.7 Å². The summed E-state index contributed by atoms with van der Waals surface area (Å²) in [6.45, 7) is 4.56. The van der Waals surface area contributed by atoms with Crippen LogP contribution in [0.25, 0.3) is 0 Å². The van der Waals surface area contributed by atoms with Crippen LogP contribution in [-0.4, -0.2) is 41.6 Å². The van der Waals surface area contributed by atoms with Crippen LogP contribution >= 0.6 is 0 Å². The Bertz CT molecular complexity index is 671. The lowest BCUT2D eigenvalue weighted by molar-refractivity contribution is 0.00724. The zero-order valence-corrected chi connectivity index (χ0v) is 14.6. The number of nitrogens with zero attached hydrogens (tertiary/aromatic N) is 2. The number of hydrogen-bond acceptors (Lipinski definition) is 4. The number of rotatable bonds is 6. The van der Waals surface area contributed by atoms with E-state index in [2.05, 4.69) is 4.98 Å². The maximum atomic E-state index is 12.7. The summed E-state index contributed by atoms with van der Waals surface area (Å²) in [6.07, 6.45) is 3.91. The predicted molar refractivity (Wildman–Crippen MR) is 95.6 cm³/mol. The fourth-order valence-electron chi connectivity index (χ4n) is 3.01. The van der Waals surface area contributed by atoms with Gasteiger partial charge < -0.3 is 14.4 Å². The Morgan fingerprint density at radius 2 is 2.08 bits per heavy atom. The van der Waals surface area contributed by atoms with Crippen molar-refractivity contribution in [2.75, 3.05) is 19.7 Å². The van der Waals surface area contributed by atoms with E-state index >= 15 is 0 Å². The van der Waals surface area contributed by atoms with Crippen molar-refractivity contribution in [1.82, 2.24) is 9.88 Å². The van der Waals surface area contributed by atoms with E-state index in [1.807, 2.05) is 54.3 Å². The fraction of sp³-hybridized carbons (Fsp3) is 0.400. The first-order valence-corrected chi connectivity index (χ1v) is 8.80. The summed E-state index contributed by atoms with van der Waals surface area (Å²) >= 11 is 0. The first-order valence-electron chi connectivity index (χ1n) is 8.80. The number of pyridine rings is 1. The molecule has 0 aliphatic carbocycles. The molecule has 0 radical (unpaired) electrons. The van der Waals surface area contributed by atoms with Gasteiger partial charge in [-0.2, -0.15) is 0 Å². The third-order valence-corrected chi connectivity index (χ3v) is 4.28. The van der Waals surface area contributed by atoms with Gasteiger partial charge in [0.25, 0.3) is 5.91 Å². The minimum atomic E-state index is 0.0562. The largest absolute Gasteiger partial charge is 0.487 e. The van der Waals surface area contributed by atoms with Gasteiger partial charge in [-0.05, 0) is 56.2 Å². The molecule has 5 heteroatoms. The lowest BCUT2D eigenvalue weighted by Gasteiger charge is -2.32. The van der Waals surface area contributed by atoms with E-state index in [0.29, 0.717) is 25.3 Å². The lowest BCUT2D eigenvalue weighted by atomic mass is 10.1. The Kier molecular flexibility index (Phi) is 6.01. The average Bonchev–Trinajstić information content (AvgIpc) is 2.67. The van der Waals surface area contributed by atoms with E-state index < -0.39 is 0 Å². The van der Waals surface area contributed by atoms with Crippen molar-refractivity contribution >= 4 is 5.91 Å². The van der Waals surface area contributed by atoms with Crippen molar-refractivity contribution in [2.24, 2.45) is 0 Å². The summed E-state index contributed by atoms with van der Waals surface area (Å²) in [5, 5.41) is 0. The molecule has 1 atom stereocenters. The van der Waals surface area contributed by atoms with Crippen LogP contribution in [0.4, 0.5) is 0 Å². The van der Waals surface area contributed by atoms with Gasteiger partial charge in [0.1, 0.15) is 12.4 Å². The van der Waals surface area contributed by atoms with E-state index in [9.17, 15) is 4.79 Å². The van der Waals surface area contributed by atoms with E-state index in [1.54, 1.807) is 6.20 Å². The van der Waals surface area contributed by atoms with Gasteiger partial charge in [0, 0.05) is 31.5 Å². The van der Waals surface area contributed by atoms with Crippen LogP contribution in [0.5, 0.6) is 5.75 Å². The Hall–Kier alpha value is -2.40. The molecule has 5 nitrogen and oxygen atoms in total. The van der Waals surface area contributed by atoms with Crippen molar-refractivity contribution in [3.05, 3.63) is 59.9 Å². The van der Waals surface area contributed by atoms with Gasteiger partial charge in [0.05, 0.1) is 11.8 Å². The molecule has 0 bridgehead atoms. The van der Waals surface area contributed by atoms with Gasteiger partial charge in [-0.25, -0.2) is 0 Å². The van der Waals surface area contributed by atoms with E-state index in [-0.39, 0.29) is 12.0 Å². The van der Waals surface area contributed by atoms with Crippen LogP contribution in [0.3, 0.4) is 0 Å². The number of likely N-dealkylation sites (tertiary alicyclic amines) is 1. The summed E-state index contributed by atoms with van der Waals surface area (Å²) in [6, 6.07) is 13.0. The highest BCUT2D eigenvalue weighted by Crippen LogP contribution is 2.19. The normalized spacial score (nSPS) is 17.3. The van der Waals surface area contributed by atoms with Crippen LogP contribution in [0, 0.1) is 0 Å². The van der Waals surface area contributed by atoms with Crippen LogP contribution in [0.2, 0.25) is 0 Å². The van der Waals surface area contributed by atoms with Gasteiger partial charge in [-0.15, -0.1) is 0 Å². The first kappa shape index (κ1) is 17.4. The number of aromatic nitrogens is 1. The SMILES string of the molecule is CCO[C@H]1CCCN(C(=O)c2ccc(OCc3ccccn3)cc2)C1. The van der Waals surface area contributed by atoms with Crippen LogP contribution in [0.15, 0.2) is 48.7 Å². The van der Waals surface area contributed by atoms with Crippen molar-refractivity contribution in [3.63, 3.8) is 0 Å². The highest BCUT2D eigenvalue weighted by Gasteiger charge is 2.24. The molecule has 1 saturated heterocycles. The third-order valence-electron chi connectivity index (χ3n) is 4.28. The molecule has 1 aliphatic heterocycles. The van der Waals surface area contributed by atoms with Crippen LogP contribution in [-0.2, 0) is 11.3 Å². The smallest absolute Gasteiger partial charge is 0.253 e. The quantitative estimate of drug-likeness (QED) is 0.810. The highest BCUT2D eigenvalue weighted by atomic mass is 16.5. The second kappa shape index (κ2) is 8.62. The molecule has 0 saturated carbocycles. The van der Waals surface area contributed by atoms with Gasteiger partial charge in [-0.3, -0.25) is 9.78 Å². The molecule has 3 rings (SSSR count). The molecule has 1 aliphatic rings. The molecular weight excluding hydrogens is 316 g/mol. The third kappa shape index (κ3) is 4.79. The number of hydrogen-bond donors (Lipinski definition) is 0. The second-order valence-corrected chi connectivity index (χ2v) is 6.10. The zero-order chi connectivity index (χ0) is 17.5. The Morgan fingerprint density at radius 3 is 2.80 bits per heavy atom. The average molecular weight is 340 g/mol. The molecule has 1 amide bonds. The molecule has 0 unspecified atom stereocenters. The Labute approximate surface area is 148 Å². The Balaban J connectivity index is 1.57. The molecule has 0 spiro atoms. The molecule has 1 aromatic carbocycles. The van der Waals surface area contributed by atoms with E-state index in [4.69, 9.17) is 9.47 Å². The molecule has 25 heavy (non-hydrogen) atoms. The summed E-state index contributed by atoms with van der Waals surface area (Å²) in [5.41, 5.74) is 1.56. The standard InChI is InChI=1S/C20H24N2O3/c1-2-24-19-7-5-13-22(14-19)20(23)16-8-10-18(11-9-16)25-15-17-6-3-4-12-21-17/h3-4,6,8-12,19H,2,5,7,13-15H2,1H3/t19-/m0/s1. The van der Waals surface area contributed by atoms with Crippen molar-refractivity contribution in [1.29, 1.82) is 0 Å².